The Morgan fingerprint density at radius 3 is 2.94 bits per heavy atom. The van der Waals surface area contributed by atoms with Gasteiger partial charge in [-0.2, -0.15) is 11.8 Å². The van der Waals surface area contributed by atoms with E-state index in [1.54, 1.807) is 6.07 Å². The predicted octanol–water partition coefficient (Wildman–Crippen LogP) is 5.40. The van der Waals surface area contributed by atoms with Gasteiger partial charge in [-0.15, -0.1) is 0 Å². The third kappa shape index (κ3) is 3.99. The number of hydrogen-bond donors (Lipinski definition) is 0. The van der Waals surface area contributed by atoms with Crippen LogP contribution in [0.15, 0.2) is 22.7 Å². The Labute approximate surface area is 116 Å². The van der Waals surface area contributed by atoms with Crippen molar-refractivity contribution in [1.82, 2.24) is 0 Å². The van der Waals surface area contributed by atoms with Gasteiger partial charge in [-0.05, 0) is 36.5 Å². The second-order valence-corrected chi connectivity index (χ2v) is 7.14. The topological polar surface area (TPSA) is 0 Å². The predicted molar refractivity (Wildman–Crippen MR) is 76.8 cm³/mol. The Morgan fingerprint density at radius 1 is 1.41 bits per heavy atom. The quantitative estimate of drug-likeness (QED) is 0.719. The van der Waals surface area contributed by atoms with Crippen molar-refractivity contribution < 1.29 is 4.39 Å². The van der Waals surface area contributed by atoms with Crippen LogP contribution in [0.1, 0.15) is 38.2 Å². The molecule has 0 amide bonds. The highest BCUT2D eigenvalue weighted by atomic mass is 79.9. The fraction of sp³-hybridized carbons (Fsp3) is 0.571. The second kappa shape index (κ2) is 6.24. The van der Waals surface area contributed by atoms with Crippen LogP contribution in [0.25, 0.3) is 0 Å². The van der Waals surface area contributed by atoms with Crippen LogP contribution in [0.2, 0.25) is 0 Å². The van der Waals surface area contributed by atoms with Gasteiger partial charge in [0.25, 0.3) is 0 Å². The summed E-state index contributed by atoms with van der Waals surface area (Å²) in [6, 6.07) is 5.36. The van der Waals surface area contributed by atoms with E-state index in [1.807, 2.05) is 23.9 Å². The lowest BCUT2D eigenvalue weighted by atomic mass is 9.91. The van der Waals surface area contributed by atoms with Crippen molar-refractivity contribution in [2.45, 2.75) is 43.6 Å². The van der Waals surface area contributed by atoms with Crippen molar-refractivity contribution in [3.05, 3.63) is 34.1 Å². The molecule has 0 radical (unpaired) electrons. The van der Waals surface area contributed by atoms with Gasteiger partial charge in [-0.25, -0.2) is 4.39 Å². The molecule has 0 heterocycles. The highest BCUT2D eigenvalue weighted by molar-refractivity contribution is 9.10. The minimum absolute atomic E-state index is 0.0873. The zero-order valence-electron chi connectivity index (χ0n) is 10.1. The molecule has 1 aromatic carbocycles. The fourth-order valence-electron chi connectivity index (χ4n) is 2.38. The summed E-state index contributed by atoms with van der Waals surface area (Å²) < 4.78 is 14.5. The molecule has 0 spiro atoms. The summed E-state index contributed by atoms with van der Waals surface area (Å²) >= 11 is 5.20. The summed E-state index contributed by atoms with van der Waals surface area (Å²) in [4.78, 5) is 0. The lowest BCUT2D eigenvalue weighted by Gasteiger charge is -2.26. The van der Waals surface area contributed by atoms with E-state index in [0.717, 1.165) is 27.0 Å². The highest BCUT2D eigenvalue weighted by Crippen LogP contribution is 2.34. The van der Waals surface area contributed by atoms with Crippen LogP contribution in [0, 0.1) is 11.7 Å². The maximum absolute atomic E-state index is 13.6. The lowest BCUT2D eigenvalue weighted by molar-refractivity contribution is 0.394. The summed E-state index contributed by atoms with van der Waals surface area (Å²) in [5.74, 6) is 1.56. The SMILES string of the molecule is CC1CCCC(SCc2ccc(Br)cc2F)C1. The van der Waals surface area contributed by atoms with Crippen LogP contribution in [0.4, 0.5) is 4.39 Å². The number of halogens is 2. The largest absolute Gasteiger partial charge is 0.207 e. The summed E-state index contributed by atoms with van der Waals surface area (Å²) in [6.45, 7) is 2.33. The van der Waals surface area contributed by atoms with Crippen LogP contribution < -0.4 is 0 Å². The molecule has 2 unspecified atom stereocenters. The van der Waals surface area contributed by atoms with Gasteiger partial charge < -0.3 is 0 Å². The average molecular weight is 317 g/mol. The minimum atomic E-state index is -0.0873. The van der Waals surface area contributed by atoms with Crippen molar-refractivity contribution in [3.8, 4) is 0 Å². The van der Waals surface area contributed by atoms with E-state index >= 15 is 0 Å². The van der Waals surface area contributed by atoms with Gasteiger partial charge in [-0.1, -0.05) is 41.8 Å². The summed E-state index contributed by atoms with van der Waals surface area (Å²) in [6.07, 6.45) is 5.29. The van der Waals surface area contributed by atoms with Crippen molar-refractivity contribution >= 4 is 27.7 Å². The summed E-state index contributed by atoms with van der Waals surface area (Å²) in [5, 5.41) is 0.724. The Morgan fingerprint density at radius 2 is 2.24 bits per heavy atom. The molecule has 1 aliphatic carbocycles. The Balaban J connectivity index is 1.88. The molecular weight excluding hydrogens is 299 g/mol. The Kier molecular flexibility index (Phi) is 4.92. The highest BCUT2D eigenvalue weighted by Gasteiger charge is 2.19. The first kappa shape index (κ1) is 13.4. The molecule has 0 N–H and O–H groups in total. The average Bonchev–Trinajstić information content (AvgIpc) is 2.28. The maximum Gasteiger partial charge on any atom is 0.128 e. The molecule has 0 saturated heterocycles. The monoisotopic (exact) mass is 316 g/mol. The molecule has 1 fully saturated rings. The van der Waals surface area contributed by atoms with E-state index in [9.17, 15) is 4.39 Å². The second-order valence-electron chi connectivity index (χ2n) is 4.94. The van der Waals surface area contributed by atoms with Gasteiger partial charge in [0.1, 0.15) is 5.82 Å². The zero-order valence-corrected chi connectivity index (χ0v) is 12.5. The summed E-state index contributed by atoms with van der Waals surface area (Å²) in [7, 11) is 0. The first-order chi connectivity index (χ1) is 8.15. The van der Waals surface area contributed by atoms with Crippen molar-refractivity contribution in [1.29, 1.82) is 0 Å². The normalized spacial score (nSPS) is 24.9. The van der Waals surface area contributed by atoms with Crippen LogP contribution in [-0.4, -0.2) is 5.25 Å². The van der Waals surface area contributed by atoms with Crippen LogP contribution >= 0.6 is 27.7 Å². The van der Waals surface area contributed by atoms with Crippen LogP contribution in [-0.2, 0) is 5.75 Å². The van der Waals surface area contributed by atoms with E-state index < -0.39 is 0 Å². The fourth-order valence-corrected chi connectivity index (χ4v) is 4.16. The Hall–Kier alpha value is -0.0200. The third-order valence-corrected chi connectivity index (χ3v) is 5.25. The minimum Gasteiger partial charge on any atom is -0.207 e. The molecule has 2 rings (SSSR count). The molecule has 0 aliphatic heterocycles. The van der Waals surface area contributed by atoms with E-state index in [2.05, 4.69) is 22.9 Å². The molecule has 1 saturated carbocycles. The molecule has 1 aliphatic rings. The van der Waals surface area contributed by atoms with Gasteiger partial charge in [0.05, 0.1) is 0 Å². The van der Waals surface area contributed by atoms with Crippen LogP contribution in [0.3, 0.4) is 0 Å². The van der Waals surface area contributed by atoms with Crippen molar-refractivity contribution in [2.24, 2.45) is 5.92 Å². The van der Waals surface area contributed by atoms with E-state index in [1.165, 1.54) is 25.7 Å². The van der Waals surface area contributed by atoms with Gasteiger partial charge in [-0.3, -0.25) is 0 Å². The Bertz CT molecular complexity index is 380. The molecule has 0 nitrogen and oxygen atoms in total. The molecule has 17 heavy (non-hydrogen) atoms. The molecule has 94 valence electrons. The van der Waals surface area contributed by atoms with E-state index in [0.29, 0.717) is 0 Å². The lowest BCUT2D eigenvalue weighted by Crippen LogP contribution is -2.15. The zero-order chi connectivity index (χ0) is 12.3. The number of benzene rings is 1. The van der Waals surface area contributed by atoms with Crippen molar-refractivity contribution in [2.75, 3.05) is 0 Å². The molecule has 0 aromatic heterocycles. The smallest absolute Gasteiger partial charge is 0.128 e. The number of hydrogen-bond acceptors (Lipinski definition) is 1. The number of thioether (sulfide) groups is 1. The standard InChI is InChI=1S/C14H18BrFS/c1-10-3-2-4-13(7-10)17-9-11-5-6-12(15)8-14(11)16/h5-6,8,10,13H,2-4,7,9H2,1H3. The van der Waals surface area contributed by atoms with E-state index in [4.69, 9.17) is 0 Å². The van der Waals surface area contributed by atoms with Crippen molar-refractivity contribution in [3.63, 3.8) is 0 Å². The molecule has 0 bridgehead atoms. The summed E-state index contributed by atoms with van der Waals surface area (Å²) in [5.41, 5.74) is 0.830. The molecule has 3 heteroatoms. The van der Waals surface area contributed by atoms with Gasteiger partial charge in [0.2, 0.25) is 0 Å². The van der Waals surface area contributed by atoms with Crippen LogP contribution in [0.5, 0.6) is 0 Å². The third-order valence-electron chi connectivity index (χ3n) is 3.38. The van der Waals surface area contributed by atoms with Gasteiger partial charge in [0.15, 0.2) is 0 Å². The molecule has 2 atom stereocenters. The first-order valence-corrected chi connectivity index (χ1v) is 8.05. The number of rotatable bonds is 3. The first-order valence-electron chi connectivity index (χ1n) is 6.20. The van der Waals surface area contributed by atoms with Gasteiger partial charge >= 0.3 is 0 Å². The molecule has 1 aromatic rings. The maximum atomic E-state index is 13.6. The van der Waals surface area contributed by atoms with E-state index in [-0.39, 0.29) is 5.82 Å². The molecular formula is C14H18BrFS. The van der Waals surface area contributed by atoms with Gasteiger partial charge in [0, 0.05) is 15.5 Å².